The number of nitrogens with one attached hydrogen (secondary N) is 2. The summed E-state index contributed by atoms with van der Waals surface area (Å²) >= 11 is 4.87. The van der Waals surface area contributed by atoms with Crippen LogP contribution in [0.3, 0.4) is 0 Å². The van der Waals surface area contributed by atoms with Gasteiger partial charge in [-0.05, 0) is 76.3 Å². The molecule has 0 spiro atoms. The van der Waals surface area contributed by atoms with E-state index >= 15 is 0 Å². The minimum atomic E-state index is -3.81. The van der Waals surface area contributed by atoms with Crippen LogP contribution in [-0.2, 0) is 14.8 Å². The van der Waals surface area contributed by atoms with Gasteiger partial charge in [-0.2, -0.15) is 0 Å². The standard InChI is InChI=1S/C20H17BrN2O3S2/c1-14-7-9-18(21)19(12-14)23-28(25,26)17-6-2-4-15(13-17)22-20(24)10-8-16-5-3-11-27-16/h2-13,23H,1H3,(H,22,24)/b10-8-. The number of hydrogen-bond acceptors (Lipinski definition) is 4. The van der Waals surface area contributed by atoms with Crippen LogP contribution in [0, 0.1) is 6.92 Å². The van der Waals surface area contributed by atoms with Crippen LogP contribution in [0.25, 0.3) is 6.08 Å². The third-order valence-corrected chi connectivity index (χ3v) is 6.61. The molecule has 2 N–H and O–H groups in total. The zero-order chi connectivity index (χ0) is 20.1. The number of hydrogen-bond donors (Lipinski definition) is 2. The quantitative estimate of drug-likeness (QED) is 0.475. The van der Waals surface area contributed by atoms with Crippen molar-refractivity contribution in [3.63, 3.8) is 0 Å². The Bertz CT molecular complexity index is 1120. The second-order valence-electron chi connectivity index (χ2n) is 5.95. The molecule has 0 aliphatic heterocycles. The number of carbonyl (C=O) groups is 1. The number of carbonyl (C=O) groups excluding carboxylic acids is 1. The molecule has 0 saturated heterocycles. The molecule has 1 aromatic heterocycles. The molecule has 3 rings (SSSR count). The van der Waals surface area contributed by atoms with E-state index in [9.17, 15) is 13.2 Å². The lowest BCUT2D eigenvalue weighted by Crippen LogP contribution is -2.14. The molecule has 3 aromatic rings. The Morgan fingerprint density at radius 1 is 1.11 bits per heavy atom. The van der Waals surface area contributed by atoms with E-state index in [0.29, 0.717) is 15.8 Å². The van der Waals surface area contributed by atoms with Gasteiger partial charge in [0.2, 0.25) is 5.91 Å². The highest BCUT2D eigenvalue weighted by Gasteiger charge is 2.16. The molecular weight excluding hydrogens is 460 g/mol. The van der Waals surface area contributed by atoms with Gasteiger partial charge in [-0.1, -0.05) is 18.2 Å². The van der Waals surface area contributed by atoms with Crippen molar-refractivity contribution in [1.29, 1.82) is 0 Å². The van der Waals surface area contributed by atoms with Crippen LogP contribution >= 0.6 is 27.3 Å². The minimum Gasteiger partial charge on any atom is -0.322 e. The van der Waals surface area contributed by atoms with Crippen molar-refractivity contribution in [3.8, 4) is 0 Å². The molecule has 0 unspecified atom stereocenters. The summed E-state index contributed by atoms with van der Waals surface area (Å²) in [5.74, 6) is -0.336. The number of thiophene rings is 1. The molecule has 0 fully saturated rings. The molecule has 0 bridgehead atoms. The average Bonchev–Trinajstić information content (AvgIpc) is 3.17. The average molecular weight is 477 g/mol. The van der Waals surface area contributed by atoms with Crippen molar-refractivity contribution < 1.29 is 13.2 Å². The molecule has 0 aliphatic carbocycles. The van der Waals surface area contributed by atoms with Gasteiger partial charge in [-0.15, -0.1) is 11.3 Å². The second-order valence-corrected chi connectivity index (χ2v) is 9.47. The summed E-state index contributed by atoms with van der Waals surface area (Å²) in [4.78, 5) is 13.1. The minimum absolute atomic E-state index is 0.0564. The predicted molar refractivity (Wildman–Crippen MR) is 118 cm³/mol. The first-order valence-corrected chi connectivity index (χ1v) is 11.4. The van der Waals surface area contributed by atoms with E-state index in [1.54, 1.807) is 30.3 Å². The number of anilines is 2. The van der Waals surface area contributed by atoms with Gasteiger partial charge in [-0.25, -0.2) is 8.42 Å². The molecule has 1 heterocycles. The maximum atomic E-state index is 12.7. The van der Waals surface area contributed by atoms with E-state index in [0.717, 1.165) is 10.4 Å². The zero-order valence-corrected chi connectivity index (χ0v) is 18.1. The number of rotatable bonds is 6. The van der Waals surface area contributed by atoms with Crippen molar-refractivity contribution in [2.24, 2.45) is 0 Å². The second kappa shape index (κ2) is 8.72. The van der Waals surface area contributed by atoms with Crippen LogP contribution < -0.4 is 10.0 Å². The normalized spacial score (nSPS) is 11.5. The molecular formula is C20H17BrN2O3S2. The fourth-order valence-corrected chi connectivity index (χ4v) is 4.60. The molecule has 144 valence electrons. The van der Waals surface area contributed by atoms with Crippen LogP contribution in [0.4, 0.5) is 11.4 Å². The monoisotopic (exact) mass is 476 g/mol. The maximum Gasteiger partial charge on any atom is 0.262 e. The van der Waals surface area contributed by atoms with Crippen LogP contribution in [-0.4, -0.2) is 14.3 Å². The topological polar surface area (TPSA) is 75.3 Å². The highest BCUT2D eigenvalue weighted by molar-refractivity contribution is 9.10. The van der Waals surface area contributed by atoms with Crippen LogP contribution in [0.2, 0.25) is 0 Å². The van der Waals surface area contributed by atoms with Crippen molar-refractivity contribution in [2.45, 2.75) is 11.8 Å². The Kier molecular flexibility index (Phi) is 6.33. The van der Waals surface area contributed by atoms with E-state index in [2.05, 4.69) is 26.0 Å². The van der Waals surface area contributed by atoms with Gasteiger partial charge >= 0.3 is 0 Å². The maximum absolute atomic E-state index is 12.7. The molecule has 2 aromatic carbocycles. The Morgan fingerprint density at radius 3 is 2.68 bits per heavy atom. The van der Waals surface area contributed by atoms with Crippen molar-refractivity contribution in [3.05, 3.63) is 81.0 Å². The summed E-state index contributed by atoms with van der Waals surface area (Å²) in [5.41, 5.74) is 1.78. The van der Waals surface area contributed by atoms with Crippen molar-refractivity contribution >= 4 is 60.6 Å². The van der Waals surface area contributed by atoms with E-state index in [1.807, 2.05) is 30.5 Å². The first kappa shape index (κ1) is 20.3. The highest BCUT2D eigenvalue weighted by Crippen LogP contribution is 2.27. The molecule has 8 heteroatoms. The SMILES string of the molecule is Cc1ccc(Br)c(NS(=O)(=O)c2cccc(NC(=O)/C=C\c3cccs3)c2)c1. The van der Waals surface area contributed by atoms with E-state index in [1.165, 1.54) is 29.5 Å². The van der Waals surface area contributed by atoms with Gasteiger partial charge in [0.15, 0.2) is 0 Å². The van der Waals surface area contributed by atoms with Gasteiger partial charge in [0.05, 0.1) is 10.6 Å². The van der Waals surface area contributed by atoms with Crippen molar-refractivity contribution in [2.75, 3.05) is 10.0 Å². The number of aryl methyl sites for hydroxylation is 1. The first-order valence-electron chi connectivity index (χ1n) is 8.25. The number of amides is 1. The third-order valence-electron chi connectivity index (χ3n) is 3.72. The molecule has 0 saturated carbocycles. The fraction of sp³-hybridized carbons (Fsp3) is 0.0500. The fourth-order valence-electron chi connectivity index (χ4n) is 2.39. The number of benzene rings is 2. The predicted octanol–water partition coefficient (Wildman–Crippen LogP) is 5.27. The molecule has 0 atom stereocenters. The van der Waals surface area contributed by atoms with Gasteiger partial charge < -0.3 is 5.32 Å². The lowest BCUT2D eigenvalue weighted by molar-refractivity contribution is -0.111. The van der Waals surface area contributed by atoms with Crippen LogP contribution in [0.15, 0.2) is 75.4 Å². The van der Waals surface area contributed by atoms with E-state index in [4.69, 9.17) is 0 Å². The first-order chi connectivity index (χ1) is 13.3. The largest absolute Gasteiger partial charge is 0.322 e. The van der Waals surface area contributed by atoms with Crippen LogP contribution in [0.5, 0.6) is 0 Å². The molecule has 28 heavy (non-hydrogen) atoms. The lowest BCUT2D eigenvalue weighted by Gasteiger charge is -2.11. The van der Waals surface area contributed by atoms with Crippen LogP contribution in [0.1, 0.15) is 10.4 Å². The summed E-state index contributed by atoms with van der Waals surface area (Å²) in [6.45, 7) is 1.88. The summed E-state index contributed by atoms with van der Waals surface area (Å²) in [6.07, 6.45) is 3.12. The molecule has 0 radical (unpaired) electrons. The molecule has 5 nitrogen and oxygen atoms in total. The third kappa shape index (κ3) is 5.31. The zero-order valence-electron chi connectivity index (χ0n) is 14.8. The Labute approximate surface area is 176 Å². The summed E-state index contributed by atoms with van der Waals surface area (Å²) in [5, 5.41) is 4.60. The lowest BCUT2D eigenvalue weighted by atomic mass is 10.2. The Morgan fingerprint density at radius 2 is 1.93 bits per heavy atom. The van der Waals surface area contributed by atoms with Gasteiger partial charge in [0.1, 0.15) is 0 Å². The van der Waals surface area contributed by atoms with Gasteiger partial charge in [0, 0.05) is 21.1 Å². The summed E-state index contributed by atoms with van der Waals surface area (Å²) < 4.78 is 28.7. The van der Waals surface area contributed by atoms with E-state index in [-0.39, 0.29) is 10.8 Å². The Balaban J connectivity index is 1.76. The van der Waals surface area contributed by atoms with Gasteiger partial charge in [-0.3, -0.25) is 9.52 Å². The molecule has 1 amide bonds. The van der Waals surface area contributed by atoms with Gasteiger partial charge in [0.25, 0.3) is 10.0 Å². The molecule has 0 aliphatic rings. The smallest absolute Gasteiger partial charge is 0.262 e. The van der Waals surface area contributed by atoms with Crippen molar-refractivity contribution in [1.82, 2.24) is 0 Å². The summed E-state index contributed by atoms with van der Waals surface area (Å²) in [6, 6.07) is 15.3. The Hall–Kier alpha value is -2.42. The summed E-state index contributed by atoms with van der Waals surface area (Å²) in [7, 11) is -3.81. The number of sulfonamides is 1. The number of halogens is 1. The highest BCUT2D eigenvalue weighted by atomic mass is 79.9. The van der Waals surface area contributed by atoms with E-state index < -0.39 is 10.0 Å².